The van der Waals surface area contributed by atoms with Gasteiger partial charge in [0.25, 0.3) is 0 Å². The minimum Gasteiger partial charge on any atom is -0.324 e. The maximum Gasteiger partial charge on any atom is 0.238 e. The molecule has 1 aromatic carbocycles. The lowest BCUT2D eigenvalue weighted by atomic mass is 10.1. The number of nitrogens with one attached hydrogen (secondary N) is 1. The third-order valence-corrected chi connectivity index (χ3v) is 3.25. The van der Waals surface area contributed by atoms with Crippen molar-refractivity contribution in [3.63, 3.8) is 0 Å². The molecule has 0 spiro atoms. The molecule has 1 N–H and O–H groups in total. The van der Waals surface area contributed by atoms with Crippen LogP contribution in [0.5, 0.6) is 0 Å². The third-order valence-electron chi connectivity index (χ3n) is 3.25. The fraction of sp³-hybridized carbons (Fsp3) is 0.133. The number of aryl methyl sites for hydroxylation is 1. The topological polar surface area (TPSA) is 55.6 Å². The first-order chi connectivity index (χ1) is 9.74. The number of rotatable bonds is 3. The summed E-state index contributed by atoms with van der Waals surface area (Å²) in [5.74, 6) is 1.13. The number of benzene rings is 1. The summed E-state index contributed by atoms with van der Waals surface area (Å²) in [4.78, 5) is 12.7. The summed E-state index contributed by atoms with van der Waals surface area (Å²) in [6.07, 6.45) is 5.31. The molecule has 5 heteroatoms. The van der Waals surface area contributed by atoms with Crippen LogP contribution < -0.4 is 5.32 Å². The number of hydrogen-bond acceptors (Lipinski definition) is 4. The van der Waals surface area contributed by atoms with Gasteiger partial charge in [0.2, 0.25) is 11.9 Å². The van der Waals surface area contributed by atoms with Gasteiger partial charge in [-0.15, -0.1) is 0 Å². The standard InChI is InChI=1S/C15H15N5/c1-11-6-5-7-13(12(11)2)18-14-16-10-17-15(19-14)20-8-3-4-9-20/h3-10H,1-2H3,(H,16,17,18,19). The second-order valence-corrected chi connectivity index (χ2v) is 4.57. The second-order valence-electron chi connectivity index (χ2n) is 4.57. The molecule has 3 aromatic rings. The predicted octanol–water partition coefficient (Wildman–Crippen LogP) is 3.02. The van der Waals surface area contributed by atoms with Gasteiger partial charge >= 0.3 is 0 Å². The molecule has 0 unspecified atom stereocenters. The maximum absolute atomic E-state index is 4.41. The Morgan fingerprint density at radius 1 is 1.00 bits per heavy atom. The molecule has 0 aliphatic heterocycles. The van der Waals surface area contributed by atoms with E-state index in [1.807, 2.05) is 41.2 Å². The van der Waals surface area contributed by atoms with Crippen molar-refractivity contribution in [3.05, 3.63) is 60.2 Å². The number of hydrogen-bond donors (Lipinski definition) is 1. The molecule has 0 saturated heterocycles. The first kappa shape index (κ1) is 12.3. The van der Waals surface area contributed by atoms with E-state index in [2.05, 4.69) is 40.2 Å². The molecule has 0 bridgehead atoms. The van der Waals surface area contributed by atoms with Gasteiger partial charge < -0.3 is 5.32 Å². The van der Waals surface area contributed by atoms with E-state index >= 15 is 0 Å². The Morgan fingerprint density at radius 2 is 1.80 bits per heavy atom. The largest absolute Gasteiger partial charge is 0.324 e. The summed E-state index contributed by atoms with van der Waals surface area (Å²) in [5, 5.41) is 3.24. The van der Waals surface area contributed by atoms with Gasteiger partial charge in [-0.3, -0.25) is 4.57 Å². The Hall–Kier alpha value is -2.69. The highest BCUT2D eigenvalue weighted by atomic mass is 15.2. The molecular formula is C15H15N5. The van der Waals surface area contributed by atoms with Gasteiger partial charge in [0.15, 0.2) is 0 Å². The lowest BCUT2D eigenvalue weighted by Crippen LogP contribution is -2.04. The minimum absolute atomic E-state index is 0.539. The van der Waals surface area contributed by atoms with E-state index in [1.165, 1.54) is 17.5 Å². The van der Waals surface area contributed by atoms with E-state index in [0.717, 1.165) is 5.69 Å². The molecule has 100 valence electrons. The average molecular weight is 265 g/mol. The van der Waals surface area contributed by atoms with Gasteiger partial charge in [0.05, 0.1) is 0 Å². The van der Waals surface area contributed by atoms with Crippen LogP contribution in [0.1, 0.15) is 11.1 Å². The molecule has 2 heterocycles. The van der Waals surface area contributed by atoms with Crippen molar-refractivity contribution in [2.45, 2.75) is 13.8 Å². The molecule has 0 radical (unpaired) electrons. The van der Waals surface area contributed by atoms with E-state index in [0.29, 0.717) is 11.9 Å². The number of nitrogens with zero attached hydrogens (tertiary/aromatic N) is 4. The van der Waals surface area contributed by atoms with Crippen LogP contribution in [0.4, 0.5) is 11.6 Å². The van der Waals surface area contributed by atoms with Crippen molar-refractivity contribution >= 4 is 11.6 Å². The molecular weight excluding hydrogens is 250 g/mol. The summed E-state index contributed by atoms with van der Waals surface area (Å²) >= 11 is 0. The second kappa shape index (κ2) is 5.13. The Balaban J connectivity index is 1.92. The van der Waals surface area contributed by atoms with Gasteiger partial charge in [0, 0.05) is 18.1 Å². The maximum atomic E-state index is 4.41. The highest BCUT2D eigenvalue weighted by Crippen LogP contribution is 2.20. The van der Waals surface area contributed by atoms with Crippen LogP contribution in [-0.4, -0.2) is 19.5 Å². The van der Waals surface area contributed by atoms with Crippen LogP contribution in [0.25, 0.3) is 5.95 Å². The SMILES string of the molecule is Cc1cccc(Nc2ncnc(-n3cccc3)n2)c1C. The summed E-state index contributed by atoms with van der Waals surface area (Å²) in [7, 11) is 0. The van der Waals surface area contributed by atoms with Gasteiger partial charge in [-0.25, -0.2) is 9.97 Å². The van der Waals surface area contributed by atoms with E-state index in [-0.39, 0.29) is 0 Å². The number of anilines is 2. The van der Waals surface area contributed by atoms with Gasteiger partial charge in [-0.05, 0) is 43.2 Å². The normalized spacial score (nSPS) is 10.5. The molecule has 0 atom stereocenters. The first-order valence-electron chi connectivity index (χ1n) is 6.39. The third kappa shape index (κ3) is 2.38. The Labute approximate surface area is 117 Å². The highest BCUT2D eigenvalue weighted by molar-refractivity contribution is 5.60. The van der Waals surface area contributed by atoms with Crippen molar-refractivity contribution in [2.75, 3.05) is 5.32 Å². The molecule has 5 nitrogen and oxygen atoms in total. The fourth-order valence-corrected chi connectivity index (χ4v) is 1.95. The molecule has 3 rings (SSSR count). The minimum atomic E-state index is 0.539. The van der Waals surface area contributed by atoms with Crippen LogP contribution in [0, 0.1) is 13.8 Å². The van der Waals surface area contributed by atoms with E-state index < -0.39 is 0 Å². The molecule has 0 aliphatic rings. The molecule has 2 aromatic heterocycles. The zero-order chi connectivity index (χ0) is 13.9. The average Bonchev–Trinajstić information content (AvgIpc) is 2.98. The van der Waals surface area contributed by atoms with Gasteiger partial charge in [-0.1, -0.05) is 12.1 Å². The molecule has 0 aliphatic carbocycles. The van der Waals surface area contributed by atoms with Crippen LogP contribution in [0.2, 0.25) is 0 Å². The van der Waals surface area contributed by atoms with Crippen molar-refractivity contribution in [2.24, 2.45) is 0 Å². The number of aromatic nitrogens is 4. The Kier molecular flexibility index (Phi) is 3.16. The monoisotopic (exact) mass is 265 g/mol. The lowest BCUT2D eigenvalue weighted by molar-refractivity contribution is 0.906. The van der Waals surface area contributed by atoms with Crippen LogP contribution in [0.15, 0.2) is 49.1 Å². The summed E-state index contributed by atoms with van der Waals surface area (Å²) in [6, 6.07) is 9.97. The summed E-state index contributed by atoms with van der Waals surface area (Å²) in [5.41, 5.74) is 3.43. The summed E-state index contributed by atoms with van der Waals surface area (Å²) < 4.78 is 1.84. The van der Waals surface area contributed by atoms with Crippen molar-refractivity contribution in [1.29, 1.82) is 0 Å². The predicted molar refractivity (Wildman–Crippen MR) is 78.4 cm³/mol. The zero-order valence-corrected chi connectivity index (χ0v) is 11.4. The van der Waals surface area contributed by atoms with E-state index in [4.69, 9.17) is 0 Å². The van der Waals surface area contributed by atoms with E-state index in [1.54, 1.807) is 0 Å². The van der Waals surface area contributed by atoms with Crippen molar-refractivity contribution in [1.82, 2.24) is 19.5 Å². The zero-order valence-electron chi connectivity index (χ0n) is 11.4. The van der Waals surface area contributed by atoms with E-state index in [9.17, 15) is 0 Å². The Morgan fingerprint density at radius 3 is 2.60 bits per heavy atom. The van der Waals surface area contributed by atoms with Crippen LogP contribution in [0.3, 0.4) is 0 Å². The van der Waals surface area contributed by atoms with Crippen LogP contribution >= 0.6 is 0 Å². The molecule has 0 fully saturated rings. The van der Waals surface area contributed by atoms with Gasteiger partial charge in [-0.2, -0.15) is 4.98 Å². The van der Waals surface area contributed by atoms with Crippen molar-refractivity contribution in [3.8, 4) is 5.95 Å². The molecule has 20 heavy (non-hydrogen) atoms. The molecule has 0 saturated carbocycles. The van der Waals surface area contributed by atoms with Crippen molar-refractivity contribution < 1.29 is 0 Å². The first-order valence-corrected chi connectivity index (χ1v) is 6.39. The lowest BCUT2D eigenvalue weighted by Gasteiger charge is -2.10. The highest BCUT2D eigenvalue weighted by Gasteiger charge is 2.05. The van der Waals surface area contributed by atoms with Gasteiger partial charge in [0.1, 0.15) is 6.33 Å². The Bertz CT molecular complexity index is 719. The molecule has 0 amide bonds. The smallest absolute Gasteiger partial charge is 0.238 e. The quantitative estimate of drug-likeness (QED) is 0.791. The summed E-state index contributed by atoms with van der Waals surface area (Å²) in [6.45, 7) is 4.16. The van der Waals surface area contributed by atoms with Crippen LogP contribution in [-0.2, 0) is 0 Å². The fourth-order valence-electron chi connectivity index (χ4n) is 1.95.